The fraction of sp³-hybridized carbons (Fsp3) is 0.333. The number of hydrogen-bond donors (Lipinski definition) is 0. The number of thiazole rings is 1. The van der Waals surface area contributed by atoms with Gasteiger partial charge in [0.05, 0.1) is 23.4 Å². The van der Waals surface area contributed by atoms with Gasteiger partial charge in [0.2, 0.25) is 5.89 Å². The fourth-order valence-corrected chi connectivity index (χ4v) is 2.46. The lowest BCUT2D eigenvalue weighted by Gasteiger charge is -1.93. The molecule has 6 nitrogen and oxygen atoms in total. The summed E-state index contributed by atoms with van der Waals surface area (Å²) < 4.78 is 7.09. The maximum atomic E-state index is 5.21. The maximum absolute atomic E-state index is 5.21. The van der Waals surface area contributed by atoms with Crippen molar-refractivity contribution in [2.75, 3.05) is 0 Å². The lowest BCUT2D eigenvalue weighted by molar-refractivity contribution is 0.366. The highest BCUT2D eigenvalue weighted by Gasteiger charge is 2.09. The zero-order valence-electron chi connectivity index (χ0n) is 10.5. The molecule has 0 aromatic carbocycles. The first-order valence-electron chi connectivity index (χ1n) is 6.04. The van der Waals surface area contributed by atoms with Crippen LogP contribution >= 0.6 is 11.3 Å². The molecular weight excluding hydrogens is 262 g/mol. The third-order valence-corrected chi connectivity index (χ3v) is 3.67. The first kappa shape index (κ1) is 12.0. The minimum absolute atomic E-state index is 0.546. The lowest BCUT2D eigenvalue weighted by Crippen LogP contribution is -1.97. The molecule has 0 saturated carbocycles. The topological polar surface area (TPSA) is 69.6 Å². The van der Waals surface area contributed by atoms with Crippen LogP contribution in [0.3, 0.4) is 0 Å². The van der Waals surface area contributed by atoms with Gasteiger partial charge in [-0.2, -0.15) is 4.98 Å². The summed E-state index contributed by atoms with van der Waals surface area (Å²) in [6.45, 7) is 2.64. The first-order chi connectivity index (χ1) is 9.33. The van der Waals surface area contributed by atoms with Crippen LogP contribution in [0.5, 0.6) is 0 Å². The van der Waals surface area contributed by atoms with Crippen LogP contribution in [0, 0.1) is 0 Å². The van der Waals surface area contributed by atoms with Crippen molar-refractivity contribution in [1.82, 2.24) is 24.7 Å². The van der Waals surface area contributed by atoms with Gasteiger partial charge in [-0.15, -0.1) is 11.3 Å². The molecule has 0 aliphatic rings. The summed E-state index contributed by atoms with van der Waals surface area (Å²) in [6.07, 6.45) is 6.88. The van der Waals surface area contributed by atoms with Gasteiger partial charge >= 0.3 is 0 Å². The molecule has 3 aromatic heterocycles. The van der Waals surface area contributed by atoms with Crippen molar-refractivity contribution in [3.63, 3.8) is 0 Å². The molecule has 0 radical (unpaired) electrons. The Kier molecular flexibility index (Phi) is 3.37. The monoisotopic (exact) mass is 275 g/mol. The average molecular weight is 275 g/mol. The van der Waals surface area contributed by atoms with Crippen molar-refractivity contribution in [3.05, 3.63) is 46.5 Å². The van der Waals surface area contributed by atoms with Gasteiger partial charge in [-0.3, -0.25) is 0 Å². The number of aryl methyl sites for hydroxylation is 1. The number of nitrogens with zero attached hydrogens (tertiary/aromatic N) is 5. The Hall–Kier alpha value is -2.02. The molecule has 0 unspecified atom stereocenters. The highest BCUT2D eigenvalue weighted by atomic mass is 32.1. The molecule has 0 spiro atoms. The summed E-state index contributed by atoms with van der Waals surface area (Å²) in [6, 6.07) is 0. The molecule has 0 fully saturated rings. The summed E-state index contributed by atoms with van der Waals surface area (Å²) in [7, 11) is 0. The van der Waals surface area contributed by atoms with Crippen LogP contribution in [0.1, 0.15) is 29.3 Å². The van der Waals surface area contributed by atoms with E-state index < -0.39 is 0 Å². The van der Waals surface area contributed by atoms with Crippen LogP contribution in [-0.2, 0) is 19.4 Å². The van der Waals surface area contributed by atoms with Gasteiger partial charge in [-0.1, -0.05) is 12.1 Å². The van der Waals surface area contributed by atoms with E-state index >= 15 is 0 Å². The van der Waals surface area contributed by atoms with E-state index in [4.69, 9.17) is 4.52 Å². The van der Waals surface area contributed by atoms with Crippen LogP contribution in [-0.4, -0.2) is 24.7 Å². The van der Waals surface area contributed by atoms with Crippen molar-refractivity contribution in [2.24, 2.45) is 0 Å². The molecule has 0 saturated heterocycles. The summed E-state index contributed by atoms with van der Waals surface area (Å²) in [4.78, 5) is 12.8. The molecule has 98 valence electrons. The minimum atomic E-state index is 0.546. The van der Waals surface area contributed by atoms with Crippen molar-refractivity contribution in [2.45, 2.75) is 26.3 Å². The minimum Gasteiger partial charge on any atom is -0.337 e. The maximum Gasteiger partial charge on any atom is 0.246 e. The second kappa shape index (κ2) is 5.31. The van der Waals surface area contributed by atoms with Crippen LogP contribution < -0.4 is 0 Å². The largest absolute Gasteiger partial charge is 0.337 e. The van der Waals surface area contributed by atoms with Gasteiger partial charge in [-0.25, -0.2) is 9.97 Å². The van der Waals surface area contributed by atoms with E-state index in [9.17, 15) is 0 Å². The quantitative estimate of drug-likeness (QED) is 0.711. The van der Waals surface area contributed by atoms with Gasteiger partial charge < -0.3 is 9.09 Å². The standard InChI is InChI=1S/C12H13N5OS/c1-2-12-14-9(7-19-12)5-10-15-11(18-16-10)6-17-4-3-13-8-17/h3-4,7-8H,2,5-6H2,1H3. The molecule has 0 bridgehead atoms. The number of aromatic nitrogens is 5. The number of imidazole rings is 1. The predicted octanol–water partition coefficient (Wildman–Crippen LogP) is 1.92. The Morgan fingerprint density at radius 1 is 1.37 bits per heavy atom. The lowest BCUT2D eigenvalue weighted by atomic mass is 10.3. The van der Waals surface area contributed by atoms with Crippen LogP contribution in [0.25, 0.3) is 0 Å². The Labute approximate surface area is 114 Å². The molecule has 0 atom stereocenters. The van der Waals surface area contributed by atoms with E-state index in [-0.39, 0.29) is 0 Å². The van der Waals surface area contributed by atoms with Gasteiger partial charge in [0.15, 0.2) is 5.82 Å². The van der Waals surface area contributed by atoms with E-state index in [1.807, 2.05) is 16.1 Å². The van der Waals surface area contributed by atoms with Crippen molar-refractivity contribution in [1.29, 1.82) is 0 Å². The van der Waals surface area contributed by atoms with Gasteiger partial charge in [-0.05, 0) is 6.42 Å². The first-order valence-corrected chi connectivity index (χ1v) is 6.92. The van der Waals surface area contributed by atoms with Crippen LogP contribution in [0.15, 0.2) is 28.6 Å². The molecule has 3 heterocycles. The molecule has 19 heavy (non-hydrogen) atoms. The zero-order valence-corrected chi connectivity index (χ0v) is 11.3. The predicted molar refractivity (Wildman–Crippen MR) is 69.9 cm³/mol. The Bertz CT molecular complexity index is 643. The van der Waals surface area contributed by atoms with Gasteiger partial charge in [0, 0.05) is 17.8 Å². The summed E-state index contributed by atoms with van der Waals surface area (Å²) >= 11 is 1.67. The Balaban J connectivity index is 1.67. The average Bonchev–Trinajstić information content (AvgIpc) is 3.13. The summed E-state index contributed by atoms with van der Waals surface area (Å²) in [5.41, 5.74) is 0.997. The Morgan fingerprint density at radius 2 is 2.32 bits per heavy atom. The normalized spacial score (nSPS) is 11.0. The second-order valence-corrected chi connectivity index (χ2v) is 5.04. The number of hydrogen-bond acceptors (Lipinski definition) is 6. The molecule has 0 aliphatic carbocycles. The zero-order chi connectivity index (χ0) is 13.1. The fourth-order valence-electron chi connectivity index (χ4n) is 1.72. The molecule has 7 heteroatoms. The highest BCUT2D eigenvalue weighted by Crippen LogP contribution is 2.13. The van der Waals surface area contributed by atoms with Gasteiger partial charge in [0.1, 0.15) is 6.54 Å². The highest BCUT2D eigenvalue weighted by molar-refractivity contribution is 7.09. The summed E-state index contributed by atoms with van der Waals surface area (Å²) in [5.74, 6) is 1.25. The molecule has 0 amide bonds. The van der Waals surface area contributed by atoms with E-state index in [2.05, 4.69) is 27.0 Å². The third kappa shape index (κ3) is 2.87. The van der Waals surface area contributed by atoms with Gasteiger partial charge in [0.25, 0.3) is 0 Å². The van der Waals surface area contributed by atoms with Crippen LogP contribution in [0.2, 0.25) is 0 Å². The molecule has 3 aromatic rings. The van der Waals surface area contributed by atoms with E-state index in [1.165, 1.54) is 0 Å². The van der Waals surface area contributed by atoms with Crippen LogP contribution in [0.4, 0.5) is 0 Å². The molecular formula is C12H13N5OS. The SMILES string of the molecule is CCc1nc(Cc2noc(Cn3ccnc3)n2)cs1. The van der Waals surface area contributed by atoms with Crippen molar-refractivity contribution in [3.8, 4) is 0 Å². The molecule has 3 rings (SSSR count). The molecule has 0 aliphatic heterocycles. The van der Waals surface area contributed by atoms with Crippen molar-refractivity contribution < 1.29 is 4.52 Å². The number of rotatable bonds is 5. The smallest absolute Gasteiger partial charge is 0.246 e. The second-order valence-electron chi connectivity index (χ2n) is 4.10. The summed E-state index contributed by atoms with van der Waals surface area (Å²) in [5, 5.41) is 7.15. The van der Waals surface area contributed by atoms with Crippen molar-refractivity contribution >= 4 is 11.3 Å². The van der Waals surface area contributed by atoms with E-state index in [1.54, 1.807) is 23.9 Å². The third-order valence-electron chi connectivity index (χ3n) is 2.63. The van der Waals surface area contributed by atoms with E-state index in [0.29, 0.717) is 24.7 Å². The Morgan fingerprint density at radius 3 is 3.05 bits per heavy atom. The van der Waals surface area contributed by atoms with E-state index in [0.717, 1.165) is 17.1 Å². The molecule has 0 N–H and O–H groups in total.